The van der Waals surface area contributed by atoms with Gasteiger partial charge < -0.3 is 19.3 Å². The maximum Gasteiger partial charge on any atom is 0.334 e. The van der Waals surface area contributed by atoms with E-state index in [1.54, 1.807) is 0 Å². The largest absolute Gasteiger partial charge is 0.478 e. The Morgan fingerprint density at radius 2 is 1.58 bits per heavy atom. The summed E-state index contributed by atoms with van der Waals surface area (Å²) in [6.07, 6.45) is 8.88. The van der Waals surface area contributed by atoms with Crippen molar-refractivity contribution in [3.05, 3.63) is 11.6 Å². The highest BCUT2D eigenvalue weighted by molar-refractivity contribution is 5.95. The van der Waals surface area contributed by atoms with Crippen LogP contribution in [0, 0.1) is 11.8 Å². The fraction of sp³-hybridized carbons (Fsp3) is 0.778. The molecule has 6 atom stereocenters. The Bertz CT molecular complexity index is 556. The summed E-state index contributed by atoms with van der Waals surface area (Å²) in [6, 6.07) is 0. The van der Waals surface area contributed by atoms with Gasteiger partial charge in [-0.15, -0.1) is 0 Å². The highest BCUT2D eigenvalue weighted by atomic mass is 16.6. The lowest BCUT2D eigenvalue weighted by Crippen LogP contribution is -2.23. The van der Waals surface area contributed by atoms with E-state index in [9.17, 15) is 9.59 Å². The van der Waals surface area contributed by atoms with Crippen molar-refractivity contribution < 1.29 is 28.9 Å². The summed E-state index contributed by atoms with van der Waals surface area (Å²) >= 11 is 0. The molecule has 6 unspecified atom stereocenters. The van der Waals surface area contributed by atoms with Crippen LogP contribution in [0.5, 0.6) is 0 Å². The minimum atomic E-state index is -1.09. The molecule has 4 aliphatic rings. The molecular formula is C18H24O6. The maximum atomic E-state index is 12.4. The normalized spacial score (nSPS) is 40.2. The second-order valence-electron chi connectivity index (χ2n) is 7.59. The molecule has 0 aromatic rings. The summed E-state index contributed by atoms with van der Waals surface area (Å²) in [6.45, 7) is 0.362. The van der Waals surface area contributed by atoms with Crippen LogP contribution in [-0.2, 0) is 23.8 Å². The molecule has 2 heterocycles. The Labute approximate surface area is 141 Å². The SMILES string of the molecule is O=C(O)C=C(CC1CCC2OC2C1)C(=O)OCC1CCC2OC2C1. The molecule has 4 fully saturated rings. The second-order valence-corrected chi connectivity index (χ2v) is 7.59. The fourth-order valence-electron chi connectivity index (χ4n) is 4.26. The van der Waals surface area contributed by atoms with Crippen molar-refractivity contribution in [1.82, 2.24) is 0 Å². The van der Waals surface area contributed by atoms with Gasteiger partial charge in [-0.2, -0.15) is 0 Å². The van der Waals surface area contributed by atoms with Gasteiger partial charge in [0, 0.05) is 11.6 Å². The van der Waals surface area contributed by atoms with E-state index in [2.05, 4.69) is 0 Å². The monoisotopic (exact) mass is 336 g/mol. The van der Waals surface area contributed by atoms with Crippen LogP contribution < -0.4 is 0 Å². The quantitative estimate of drug-likeness (QED) is 0.454. The lowest BCUT2D eigenvalue weighted by Gasteiger charge is -2.21. The third kappa shape index (κ3) is 3.81. The average Bonchev–Trinajstić information content (AvgIpc) is 3.44. The number of fused-ring (bicyclic) bond motifs is 2. The predicted molar refractivity (Wildman–Crippen MR) is 83.3 cm³/mol. The number of aliphatic carboxylic acids is 1. The van der Waals surface area contributed by atoms with Crippen LogP contribution in [0.4, 0.5) is 0 Å². The summed E-state index contributed by atoms with van der Waals surface area (Å²) in [5.41, 5.74) is 0.281. The Hall–Kier alpha value is -1.40. The van der Waals surface area contributed by atoms with Crippen molar-refractivity contribution in [3.63, 3.8) is 0 Å². The van der Waals surface area contributed by atoms with Gasteiger partial charge in [-0.3, -0.25) is 0 Å². The van der Waals surface area contributed by atoms with Gasteiger partial charge in [0.1, 0.15) is 0 Å². The van der Waals surface area contributed by atoms with E-state index in [1.165, 1.54) is 0 Å². The topological polar surface area (TPSA) is 88.7 Å². The number of carboxylic acid groups (broad SMARTS) is 1. The first-order valence-electron chi connectivity index (χ1n) is 9.00. The predicted octanol–water partition coefficient (Wildman–Crippen LogP) is 2.07. The van der Waals surface area contributed by atoms with E-state index in [0.29, 0.717) is 49.3 Å². The number of epoxide rings is 2. The number of ether oxygens (including phenoxy) is 3. The minimum Gasteiger partial charge on any atom is -0.478 e. The second kappa shape index (κ2) is 6.48. The molecule has 1 N–H and O–H groups in total. The van der Waals surface area contributed by atoms with Gasteiger partial charge in [0.2, 0.25) is 0 Å². The zero-order valence-electron chi connectivity index (χ0n) is 13.7. The first kappa shape index (κ1) is 16.1. The third-order valence-electron chi connectivity index (χ3n) is 5.74. The lowest BCUT2D eigenvalue weighted by atomic mass is 9.84. The summed E-state index contributed by atoms with van der Waals surface area (Å²) in [4.78, 5) is 23.4. The van der Waals surface area contributed by atoms with Crippen molar-refractivity contribution in [3.8, 4) is 0 Å². The third-order valence-corrected chi connectivity index (χ3v) is 5.74. The van der Waals surface area contributed by atoms with Gasteiger partial charge in [0.15, 0.2) is 0 Å². The van der Waals surface area contributed by atoms with Gasteiger partial charge >= 0.3 is 11.9 Å². The number of hydrogen-bond donors (Lipinski definition) is 1. The van der Waals surface area contributed by atoms with E-state index >= 15 is 0 Å². The highest BCUT2D eigenvalue weighted by Crippen LogP contribution is 2.42. The molecule has 6 heteroatoms. The van der Waals surface area contributed by atoms with Crippen molar-refractivity contribution >= 4 is 11.9 Å². The van der Waals surface area contributed by atoms with Crippen molar-refractivity contribution in [2.75, 3.05) is 6.61 Å². The maximum absolute atomic E-state index is 12.4. The smallest absolute Gasteiger partial charge is 0.334 e. The number of esters is 1. The van der Waals surface area contributed by atoms with Crippen molar-refractivity contribution in [1.29, 1.82) is 0 Å². The first-order valence-corrected chi connectivity index (χ1v) is 9.00. The summed E-state index contributed by atoms with van der Waals surface area (Å²) in [5.74, 6) is -0.929. The van der Waals surface area contributed by atoms with E-state index in [1.807, 2.05) is 0 Å². The number of rotatable bonds is 6. The summed E-state index contributed by atoms with van der Waals surface area (Å²) in [5, 5.41) is 9.05. The fourth-order valence-corrected chi connectivity index (χ4v) is 4.26. The Morgan fingerprint density at radius 3 is 2.21 bits per heavy atom. The Morgan fingerprint density at radius 1 is 0.958 bits per heavy atom. The molecule has 0 radical (unpaired) electrons. The van der Waals surface area contributed by atoms with Crippen LogP contribution >= 0.6 is 0 Å². The first-order chi connectivity index (χ1) is 11.6. The van der Waals surface area contributed by atoms with E-state index in [0.717, 1.165) is 44.6 Å². The molecule has 4 rings (SSSR count). The van der Waals surface area contributed by atoms with Gasteiger partial charge in [-0.05, 0) is 56.8 Å². The van der Waals surface area contributed by atoms with E-state index in [4.69, 9.17) is 19.3 Å². The molecule has 0 bridgehead atoms. The summed E-state index contributed by atoms with van der Waals surface area (Å²) < 4.78 is 16.4. The molecule has 0 aromatic carbocycles. The molecular weight excluding hydrogens is 312 g/mol. The number of carbonyl (C=O) groups excluding carboxylic acids is 1. The zero-order chi connectivity index (χ0) is 16.7. The molecule has 2 aliphatic heterocycles. The van der Waals surface area contributed by atoms with Crippen molar-refractivity contribution in [2.45, 2.75) is 69.4 Å². The van der Waals surface area contributed by atoms with Crippen LogP contribution in [0.2, 0.25) is 0 Å². The van der Waals surface area contributed by atoms with Crippen LogP contribution in [-0.4, -0.2) is 48.1 Å². The number of carboxylic acids is 1. The lowest BCUT2D eigenvalue weighted by molar-refractivity contribution is -0.141. The molecule has 2 saturated heterocycles. The van der Waals surface area contributed by atoms with Crippen LogP contribution in [0.25, 0.3) is 0 Å². The van der Waals surface area contributed by atoms with Crippen LogP contribution in [0.15, 0.2) is 11.6 Å². The van der Waals surface area contributed by atoms with Gasteiger partial charge in [-0.25, -0.2) is 9.59 Å². The van der Waals surface area contributed by atoms with Crippen LogP contribution in [0.1, 0.15) is 44.9 Å². The van der Waals surface area contributed by atoms with Crippen molar-refractivity contribution in [2.24, 2.45) is 11.8 Å². The molecule has 0 spiro atoms. The number of carbonyl (C=O) groups is 2. The van der Waals surface area contributed by atoms with Gasteiger partial charge in [0.05, 0.1) is 31.0 Å². The molecule has 2 saturated carbocycles. The number of hydrogen-bond acceptors (Lipinski definition) is 5. The molecule has 132 valence electrons. The van der Waals surface area contributed by atoms with Gasteiger partial charge in [-0.1, -0.05) is 0 Å². The Kier molecular flexibility index (Phi) is 4.35. The zero-order valence-corrected chi connectivity index (χ0v) is 13.7. The average molecular weight is 336 g/mol. The molecule has 0 aromatic heterocycles. The van der Waals surface area contributed by atoms with Crippen LogP contribution in [0.3, 0.4) is 0 Å². The standard InChI is InChI=1S/C18H24O6/c19-17(20)8-12(5-10-1-3-13-15(6-10)23-13)18(21)22-9-11-2-4-14-16(7-11)24-14/h8,10-11,13-16H,1-7,9H2,(H,19,20). The molecule has 24 heavy (non-hydrogen) atoms. The van der Waals surface area contributed by atoms with E-state index < -0.39 is 11.9 Å². The molecule has 2 aliphatic carbocycles. The Balaban J connectivity index is 1.30. The van der Waals surface area contributed by atoms with Gasteiger partial charge in [0.25, 0.3) is 0 Å². The summed E-state index contributed by atoms with van der Waals surface area (Å²) in [7, 11) is 0. The molecule has 6 nitrogen and oxygen atoms in total. The molecule has 0 amide bonds. The minimum absolute atomic E-state index is 0.281. The van der Waals surface area contributed by atoms with E-state index in [-0.39, 0.29) is 5.57 Å². The highest BCUT2D eigenvalue weighted by Gasteiger charge is 2.45.